The molecule has 1 amide bonds. The molecule has 3 rings (SSSR count). The van der Waals surface area contributed by atoms with Crippen molar-refractivity contribution < 1.29 is 13.9 Å². The maximum absolute atomic E-state index is 12.2. The van der Waals surface area contributed by atoms with Crippen LogP contribution in [0.25, 0.3) is 11.0 Å². The summed E-state index contributed by atoms with van der Waals surface area (Å²) >= 11 is 1.56. The highest BCUT2D eigenvalue weighted by Gasteiger charge is 2.09. The minimum absolute atomic E-state index is 0.133. The predicted octanol–water partition coefficient (Wildman–Crippen LogP) is 4.09. The van der Waals surface area contributed by atoms with Crippen LogP contribution in [0.15, 0.2) is 62.6 Å². The Labute approximate surface area is 155 Å². The van der Waals surface area contributed by atoms with E-state index in [2.05, 4.69) is 5.32 Å². The van der Waals surface area contributed by atoms with Crippen LogP contribution in [0.3, 0.4) is 0 Å². The second-order valence-electron chi connectivity index (χ2n) is 5.64. The van der Waals surface area contributed by atoms with Crippen LogP contribution in [-0.4, -0.2) is 18.8 Å². The van der Waals surface area contributed by atoms with E-state index < -0.39 is 5.63 Å². The van der Waals surface area contributed by atoms with Crippen LogP contribution in [0, 0.1) is 0 Å². The summed E-state index contributed by atoms with van der Waals surface area (Å²) in [6, 6.07) is 14.3. The Morgan fingerprint density at radius 2 is 2.00 bits per heavy atom. The number of hydrogen-bond donors (Lipinski definition) is 1. The lowest BCUT2D eigenvalue weighted by molar-refractivity contribution is -0.118. The number of carbonyl (C=O) groups is 1. The van der Waals surface area contributed by atoms with Gasteiger partial charge in [0.25, 0.3) is 5.91 Å². The highest BCUT2D eigenvalue weighted by molar-refractivity contribution is 7.98. The first-order valence-corrected chi connectivity index (χ1v) is 9.45. The van der Waals surface area contributed by atoms with Crippen LogP contribution < -0.4 is 15.7 Å². The molecule has 1 N–H and O–H groups in total. The number of carbonyl (C=O) groups excluding carboxylic acids is 1. The van der Waals surface area contributed by atoms with E-state index in [0.29, 0.717) is 11.3 Å². The van der Waals surface area contributed by atoms with E-state index in [0.717, 1.165) is 28.0 Å². The smallest absolute Gasteiger partial charge is 0.336 e. The lowest BCUT2D eigenvalue weighted by atomic mass is 10.1. The summed E-state index contributed by atoms with van der Waals surface area (Å²) in [4.78, 5) is 24.8. The van der Waals surface area contributed by atoms with E-state index in [-0.39, 0.29) is 12.5 Å². The zero-order chi connectivity index (χ0) is 18.5. The highest BCUT2D eigenvalue weighted by atomic mass is 32.2. The maximum atomic E-state index is 12.2. The average Bonchev–Trinajstić information content (AvgIpc) is 2.65. The molecule has 0 saturated carbocycles. The number of nitrogens with one attached hydrogen (secondary N) is 1. The van der Waals surface area contributed by atoms with Crippen molar-refractivity contribution >= 4 is 34.3 Å². The molecule has 134 valence electrons. The third-order valence-electron chi connectivity index (χ3n) is 3.93. The number of anilines is 1. The molecule has 0 atom stereocenters. The molecule has 0 fully saturated rings. The molecule has 0 aliphatic heterocycles. The topological polar surface area (TPSA) is 68.5 Å². The molecule has 6 heteroatoms. The molecule has 5 nitrogen and oxygen atoms in total. The largest absolute Gasteiger partial charge is 0.484 e. The lowest BCUT2D eigenvalue weighted by Gasteiger charge is -2.11. The quantitative estimate of drug-likeness (QED) is 0.523. The molecular weight excluding hydrogens is 350 g/mol. The fourth-order valence-corrected chi connectivity index (χ4v) is 3.23. The summed E-state index contributed by atoms with van der Waals surface area (Å²) in [5.74, 6) is 0.220. The van der Waals surface area contributed by atoms with Crippen molar-refractivity contribution in [1.82, 2.24) is 0 Å². The van der Waals surface area contributed by atoms with Crippen LogP contribution in [0.1, 0.15) is 12.5 Å². The molecule has 1 aromatic heterocycles. The highest BCUT2D eigenvalue weighted by Crippen LogP contribution is 2.25. The molecule has 3 aromatic rings. The van der Waals surface area contributed by atoms with Crippen LogP contribution in [0.5, 0.6) is 5.75 Å². The third-order valence-corrected chi connectivity index (χ3v) is 4.73. The Morgan fingerprint density at radius 3 is 2.77 bits per heavy atom. The first-order valence-electron chi connectivity index (χ1n) is 8.23. The summed E-state index contributed by atoms with van der Waals surface area (Å²) in [5, 5.41) is 3.71. The third kappa shape index (κ3) is 4.08. The SMILES string of the molecule is CCc1cc(=O)oc2cc(OCC(=O)Nc3ccccc3SC)ccc12. The number of amides is 1. The summed E-state index contributed by atoms with van der Waals surface area (Å²) in [5.41, 5.74) is 1.75. The minimum atomic E-state index is -0.391. The Morgan fingerprint density at radius 1 is 1.19 bits per heavy atom. The number of fused-ring (bicyclic) bond motifs is 1. The summed E-state index contributed by atoms with van der Waals surface area (Å²) in [6.07, 6.45) is 2.69. The van der Waals surface area contributed by atoms with Gasteiger partial charge in [-0.15, -0.1) is 11.8 Å². The summed E-state index contributed by atoms with van der Waals surface area (Å²) < 4.78 is 10.8. The molecule has 26 heavy (non-hydrogen) atoms. The number of benzene rings is 2. The van der Waals surface area contributed by atoms with Gasteiger partial charge in [0.15, 0.2) is 6.61 Å². The molecule has 0 unspecified atom stereocenters. The van der Waals surface area contributed by atoms with Crippen LogP contribution in [-0.2, 0) is 11.2 Å². The Kier molecular flexibility index (Phi) is 5.63. The second-order valence-corrected chi connectivity index (χ2v) is 6.49. The van der Waals surface area contributed by atoms with Gasteiger partial charge in [0.05, 0.1) is 5.69 Å². The fraction of sp³-hybridized carbons (Fsp3) is 0.200. The second kappa shape index (κ2) is 8.10. The van der Waals surface area contributed by atoms with Crippen molar-refractivity contribution in [2.75, 3.05) is 18.2 Å². The van der Waals surface area contributed by atoms with E-state index >= 15 is 0 Å². The lowest BCUT2D eigenvalue weighted by Crippen LogP contribution is -2.20. The summed E-state index contributed by atoms with van der Waals surface area (Å²) in [6.45, 7) is 1.85. The number of ether oxygens (including phenoxy) is 1. The van der Waals surface area contributed by atoms with Crippen LogP contribution in [0.2, 0.25) is 0 Å². The summed E-state index contributed by atoms with van der Waals surface area (Å²) in [7, 11) is 0. The molecule has 2 aromatic carbocycles. The van der Waals surface area contributed by atoms with E-state index in [1.54, 1.807) is 23.9 Å². The number of para-hydroxylation sites is 1. The Hall–Kier alpha value is -2.73. The monoisotopic (exact) mass is 369 g/mol. The Bertz CT molecular complexity index is 997. The van der Waals surface area contributed by atoms with Gasteiger partial charge in [0.2, 0.25) is 0 Å². The number of hydrogen-bond acceptors (Lipinski definition) is 5. The normalized spacial score (nSPS) is 10.7. The van der Waals surface area contributed by atoms with Crippen molar-refractivity contribution in [2.45, 2.75) is 18.2 Å². The van der Waals surface area contributed by atoms with Crippen molar-refractivity contribution in [3.05, 3.63) is 64.5 Å². The fourth-order valence-electron chi connectivity index (χ4n) is 2.68. The van der Waals surface area contributed by atoms with Crippen molar-refractivity contribution in [1.29, 1.82) is 0 Å². The molecule has 0 bridgehead atoms. The van der Waals surface area contributed by atoms with Gasteiger partial charge in [0.1, 0.15) is 11.3 Å². The number of aryl methyl sites for hydroxylation is 1. The standard InChI is InChI=1S/C20H19NO4S/c1-3-13-10-20(23)25-17-11-14(8-9-15(13)17)24-12-19(22)21-16-6-4-5-7-18(16)26-2/h4-11H,3,12H2,1-2H3,(H,21,22). The molecular formula is C20H19NO4S. The Balaban J connectivity index is 1.71. The van der Waals surface area contributed by atoms with E-state index in [1.807, 2.05) is 43.5 Å². The van der Waals surface area contributed by atoms with Gasteiger partial charge < -0.3 is 14.5 Å². The first-order chi connectivity index (χ1) is 12.6. The van der Waals surface area contributed by atoms with Gasteiger partial charge >= 0.3 is 5.63 Å². The predicted molar refractivity (Wildman–Crippen MR) is 104 cm³/mol. The number of rotatable bonds is 6. The van der Waals surface area contributed by atoms with Gasteiger partial charge in [-0.2, -0.15) is 0 Å². The zero-order valence-electron chi connectivity index (χ0n) is 14.6. The maximum Gasteiger partial charge on any atom is 0.336 e. The molecule has 0 aliphatic rings. The van der Waals surface area contributed by atoms with Crippen LogP contribution >= 0.6 is 11.8 Å². The van der Waals surface area contributed by atoms with E-state index in [4.69, 9.17) is 9.15 Å². The van der Waals surface area contributed by atoms with Gasteiger partial charge in [-0.05, 0) is 42.5 Å². The van der Waals surface area contributed by atoms with Gasteiger partial charge in [-0.25, -0.2) is 4.79 Å². The van der Waals surface area contributed by atoms with Gasteiger partial charge in [0, 0.05) is 22.4 Å². The molecule has 0 saturated heterocycles. The van der Waals surface area contributed by atoms with Gasteiger partial charge in [-0.3, -0.25) is 4.79 Å². The average molecular weight is 369 g/mol. The van der Waals surface area contributed by atoms with Crippen LogP contribution in [0.4, 0.5) is 5.69 Å². The zero-order valence-corrected chi connectivity index (χ0v) is 15.4. The molecule has 0 spiro atoms. The van der Waals surface area contributed by atoms with E-state index in [9.17, 15) is 9.59 Å². The first kappa shape index (κ1) is 18.1. The van der Waals surface area contributed by atoms with E-state index in [1.165, 1.54) is 6.07 Å². The van der Waals surface area contributed by atoms with Crippen molar-refractivity contribution in [3.63, 3.8) is 0 Å². The molecule has 1 heterocycles. The molecule has 0 aliphatic carbocycles. The van der Waals surface area contributed by atoms with Gasteiger partial charge in [-0.1, -0.05) is 19.1 Å². The van der Waals surface area contributed by atoms with Crippen molar-refractivity contribution in [3.8, 4) is 5.75 Å². The number of thioether (sulfide) groups is 1. The molecule has 0 radical (unpaired) electrons. The van der Waals surface area contributed by atoms with Crippen molar-refractivity contribution in [2.24, 2.45) is 0 Å². The minimum Gasteiger partial charge on any atom is -0.484 e.